The molecule has 2 unspecified atom stereocenters. The van der Waals surface area contributed by atoms with Gasteiger partial charge in [-0.25, -0.2) is 9.78 Å². The first-order chi connectivity index (χ1) is 11.2. The first-order valence-corrected chi connectivity index (χ1v) is 8.29. The lowest BCUT2D eigenvalue weighted by Crippen LogP contribution is -2.38. The smallest absolute Gasteiger partial charge is 0.322 e. The van der Waals surface area contributed by atoms with E-state index in [4.69, 9.17) is 4.42 Å². The molecule has 2 bridgehead atoms. The standard InChI is InChI=1S/C18H21N3O2/c1-12-5-6-14(10-16(12)17-19-7-8-23-17)20-18(22)21-11-13-3-2-4-15(21)9-13/h5-8,10,13,15H,2-4,9,11H2,1H3,(H,20,22). The summed E-state index contributed by atoms with van der Waals surface area (Å²) in [6.45, 7) is 2.91. The molecule has 1 aromatic heterocycles. The fraction of sp³-hybridized carbons (Fsp3) is 0.444. The van der Waals surface area contributed by atoms with Crippen molar-refractivity contribution in [3.8, 4) is 11.5 Å². The normalized spacial score (nSPS) is 23.1. The topological polar surface area (TPSA) is 58.4 Å². The minimum absolute atomic E-state index is 0.0154. The molecule has 0 radical (unpaired) electrons. The third-order valence-corrected chi connectivity index (χ3v) is 5.06. The second-order valence-corrected chi connectivity index (χ2v) is 6.64. The number of oxazole rings is 1. The van der Waals surface area contributed by atoms with Crippen LogP contribution in [-0.4, -0.2) is 28.5 Å². The molecule has 1 saturated carbocycles. The number of carbonyl (C=O) groups excluding carboxylic acids is 1. The van der Waals surface area contributed by atoms with Crippen LogP contribution in [-0.2, 0) is 0 Å². The van der Waals surface area contributed by atoms with Crippen LogP contribution in [0.2, 0.25) is 0 Å². The van der Waals surface area contributed by atoms with E-state index in [9.17, 15) is 4.79 Å². The Morgan fingerprint density at radius 2 is 2.30 bits per heavy atom. The molecule has 1 aliphatic carbocycles. The average Bonchev–Trinajstić information content (AvgIpc) is 3.17. The largest absolute Gasteiger partial charge is 0.445 e. The van der Waals surface area contributed by atoms with Crippen LogP contribution in [0.4, 0.5) is 10.5 Å². The highest BCUT2D eigenvalue weighted by Gasteiger charge is 2.37. The highest BCUT2D eigenvalue weighted by atomic mass is 16.3. The maximum atomic E-state index is 12.6. The number of likely N-dealkylation sites (tertiary alicyclic amines) is 1. The van der Waals surface area contributed by atoms with Crippen LogP contribution in [0.1, 0.15) is 31.2 Å². The van der Waals surface area contributed by atoms with E-state index in [-0.39, 0.29) is 6.03 Å². The van der Waals surface area contributed by atoms with Gasteiger partial charge in [0.15, 0.2) is 0 Å². The van der Waals surface area contributed by atoms with E-state index in [1.54, 1.807) is 12.5 Å². The highest BCUT2D eigenvalue weighted by Crippen LogP contribution is 2.35. The minimum Gasteiger partial charge on any atom is -0.445 e. The number of amides is 2. The van der Waals surface area contributed by atoms with E-state index >= 15 is 0 Å². The summed E-state index contributed by atoms with van der Waals surface area (Å²) >= 11 is 0. The van der Waals surface area contributed by atoms with Crippen LogP contribution in [0.5, 0.6) is 0 Å². The number of urea groups is 1. The minimum atomic E-state index is 0.0154. The Bertz CT molecular complexity index is 711. The van der Waals surface area contributed by atoms with Gasteiger partial charge in [0.2, 0.25) is 5.89 Å². The van der Waals surface area contributed by atoms with Gasteiger partial charge in [-0.2, -0.15) is 0 Å². The summed E-state index contributed by atoms with van der Waals surface area (Å²) in [7, 11) is 0. The summed E-state index contributed by atoms with van der Waals surface area (Å²) in [5, 5.41) is 3.04. The predicted molar refractivity (Wildman–Crippen MR) is 88.1 cm³/mol. The maximum Gasteiger partial charge on any atom is 0.322 e. The van der Waals surface area contributed by atoms with Crippen molar-refractivity contribution in [2.45, 2.75) is 38.6 Å². The van der Waals surface area contributed by atoms with E-state index in [2.05, 4.69) is 10.3 Å². The average molecular weight is 311 g/mol. The van der Waals surface area contributed by atoms with E-state index in [0.717, 1.165) is 29.8 Å². The first kappa shape index (κ1) is 14.3. The molecule has 1 N–H and O–H groups in total. The van der Waals surface area contributed by atoms with Gasteiger partial charge >= 0.3 is 6.03 Å². The lowest BCUT2D eigenvalue weighted by Gasteiger charge is -2.25. The lowest BCUT2D eigenvalue weighted by molar-refractivity contribution is 0.204. The number of aryl methyl sites for hydroxylation is 1. The number of rotatable bonds is 2. The molecule has 1 aromatic carbocycles. The van der Waals surface area contributed by atoms with Crippen molar-refractivity contribution in [3.05, 3.63) is 36.2 Å². The summed E-state index contributed by atoms with van der Waals surface area (Å²) in [6.07, 6.45) is 8.01. The maximum absolute atomic E-state index is 12.6. The molecule has 2 heterocycles. The first-order valence-electron chi connectivity index (χ1n) is 8.29. The number of nitrogens with one attached hydrogen (secondary N) is 1. The van der Waals surface area contributed by atoms with Crippen LogP contribution in [0.25, 0.3) is 11.5 Å². The molecule has 2 fully saturated rings. The van der Waals surface area contributed by atoms with E-state index in [1.807, 2.05) is 30.0 Å². The molecule has 2 aromatic rings. The summed E-state index contributed by atoms with van der Waals surface area (Å²) < 4.78 is 5.38. The van der Waals surface area contributed by atoms with Crippen molar-refractivity contribution >= 4 is 11.7 Å². The number of hydrogen-bond acceptors (Lipinski definition) is 3. The van der Waals surface area contributed by atoms with E-state index in [0.29, 0.717) is 17.9 Å². The fourth-order valence-electron chi connectivity index (χ4n) is 3.87. The van der Waals surface area contributed by atoms with Gasteiger partial charge in [-0.15, -0.1) is 0 Å². The van der Waals surface area contributed by atoms with Crippen molar-refractivity contribution in [1.29, 1.82) is 0 Å². The number of anilines is 1. The van der Waals surface area contributed by atoms with Crippen molar-refractivity contribution in [1.82, 2.24) is 9.88 Å². The Labute approximate surface area is 135 Å². The highest BCUT2D eigenvalue weighted by molar-refractivity contribution is 5.90. The Morgan fingerprint density at radius 1 is 1.39 bits per heavy atom. The van der Waals surface area contributed by atoms with Gasteiger partial charge in [0.05, 0.1) is 6.20 Å². The molecular formula is C18H21N3O2. The van der Waals surface area contributed by atoms with Gasteiger partial charge in [0, 0.05) is 23.8 Å². The lowest BCUT2D eigenvalue weighted by atomic mass is 9.91. The van der Waals surface area contributed by atoms with Crippen LogP contribution < -0.4 is 5.32 Å². The molecule has 120 valence electrons. The summed E-state index contributed by atoms with van der Waals surface area (Å²) in [5.74, 6) is 1.27. The zero-order valence-corrected chi connectivity index (χ0v) is 13.3. The monoisotopic (exact) mass is 311 g/mol. The van der Waals surface area contributed by atoms with Crippen molar-refractivity contribution in [3.63, 3.8) is 0 Å². The number of nitrogens with zero attached hydrogens (tertiary/aromatic N) is 2. The second kappa shape index (κ2) is 5.72. The van der Waals surface area contributed by atoms with Crippen LogP contribution >= 0.6 is 0 Å². The quantitative estimate of drug-likeness (QED) is 0.910. The molecule has 1 aliphatic heterocycles. The molecule has 2 aliphatic rings. The van der Waals surface area contributed by atoms with Gasteiger partial charge in [-0.3, -0.25) is 0 Å². The summed E-state index contributed by atoms with van der Waals surface area (Å²) in [5.41, 5.74) is 2.77. The Kier molecular flexibility index (Phi) is 3.56. The predicted octanol–water partition coefficient (Wildman–Crippen LogP) is 4.06. The number of hydrogen-bond donors (Lipinski definition) is 1. The van der Waals surface area contributed by atoms with E-state index < -0.39 is 0 Å². The van der Waals surface area contributed by atoms with Crippen molar-refractivity contribution < 1.29 is 9.21 Å². The molecule has 2 amide bonds. The third-order valence-electron chi connectivity index (χ3n) is 5.06. The molecule has 23 heavy (non-hydrogen) atoms. The zero-order valence-electron chi connectivity index (χ0n) is 13.3. The Morgan fingerprint density at radius 3 is 3.09 bits per heavy atom. The number of carbonyl (C=O) groups is 1. The van der Waals surface area contributed by atoms with Crippen molar-refractivity contribution in [2.24, 2.45) is 5.92 Å². The molecule has 1 saturated heterocycles. The van der Waals surface area contributed by atoms with Gasteiger partial charge in [-0.1, -0.05) is 12.5 Å². The molecule has 2 atom stereocenters. The van der Waals surface area contributed by atoms with Crippen molar-refractivity contribution in [2.75, 3.05) is 11.9 Å². The van der Waals surface area contributed by atoms with Gasteiger partial charge in [-0.05, 0) is 49.8 Å². The zero-order chi connectivity index (χ0) is 15.8. The number of fused-ring (bicyclic) bond motifs is 2. The molecule has 4 rings (SSSR count). The van der Waals surface area contributed by atoms with Crippen LogP contribution in [0, 0.1) is 12.8 Å². The number of benzene rings is 1. The Hall–Kier alpha value is -2.30. The molecule has 5 nitrogen and oxygen atoms in total. The summed E-state index contributed by atoms with van der Waals surface area (Å²) in [4.78, 5) is 18.8. The fourth-order valence-corrected chi connectivity index (χ4v) is 3.87. The second-order valence-electron chi connectivity index (χ2n) is 6.64. The third kappa shape index (κ3) is 2.71. The van der Waals surface area contributed by atoms with Crippen LogP contribution in [0.15, 0.2) is 35.1 Å². The molecule has 0 spiro atoms. The summed E-state index contributed by atoms with van der Waals surface area (Å²) in [6, 6.07) is 6.28. The van der Waals surface area contributed by atoms with Gasteiger partial charge in [0.1, 0.15) is 6.26 Å². The van der Waals surface area contributed by atoms with Gasteiger partial charge < -0.3 is 14.6 Å². The molecular weight excluding hydrogens is 290 g/mol. The Balaban J connectivity index is 1.53. The number of aromatic nitrogens is 1. The molecule has 5 heteroatoms. The SMILES string of the molecule is Cc1ccc(NC(=O)N2CC3CCCC2C3)cc1-c1ncco1. The van der Waals surface area contributed by atoms with Gasteiger partial charge in [0.25, 0.3) is 0 Å². The van der Waals surface area contributed by atoms with Crippen LogP contribution in [0.3, 0.4) is 0 Å². The van der Waals surface area contributed by atoms with E-state index in [1.165, 1.54) is 19.3 Å².